The fourth-order valence-electron chi connectivity index (χ4n) is 3.67. The highest BCUT2D eigenvalue weighted by Crippen LogP contribution is 2.36. The number of rotatable bonds is 12. The van der Waals surface area contributed by atoms with Gasteiger partial charge in [-0.05, 0) is 36.2 Å². The van der Waals surface area contributed by atoms with Crippen LogP contribution >= 0.6 is 46.1 Å². The van der Waals surface area contributed by atoms with Gasteiger partial charge in [-0.15, -0.1) is 11.3 Å². The van der Waals surface area contributed by atoms with E-state index in [1.54, 1.807) is 36.2 Å². The van der Waals surface area contributed by atoms with Gasteiger partial charge < -0.3 is 25.0 Å². The lowest BCUT2D eigenvalue weighted by atomic mass is 10.1. The standard InChI is InChI=1S/C26H25Cl3N6O4S/c1-34(6-8-36)13-16-14-40-24(22(16)29)26(38)33-23-19(25(37)32-21-3-2-17(27)12-31-21)10-18(28)11-20(23)39-9-7-35-5-4-30-15-35/h2-5,10-12,14-15,36H,6-9,13H2,1H3,(H,33,38)(H,31,32,37). The topological polar surface area (TPSA) is 122 Å². The summed E-state index contributed by atoms with van der Waals surface area (Å²) in [5.74, 6) is -0.639. The van der Waals surface area contributed by atoms with E-state index in [4.69, 9.17) is 39.5 Å². The van der Waals surface area contributed by atoms with Crippen LogP contribution in [0, 0.1) is 0 Å². The maximum Gasteiger partial charge on any atom is 0.267 e. The van der Waals surface area contributed by atoms with Gasteiger partial charge in [0.15, 0.2) is 0 Å². The van der Waals surface area contributed by atoms with Crippen LogP contribution < -0.4 is 15.4 Å². The van der Waals surface area contributed by atoms with E-state index in [9.17, 15) is 14.7 Å². The van der Waals surface area contributed by atoms with Gasteiger partial charge in [-0.2, -0.15) is 0 Å². The van der Waals surface area contributed by atoms with Crippen molar-refractivity contribution in [1.82, 2.24) is 19.4 Å². The number of carbonyl (C=O) groups is 2. The van der Waals surface area contributed by atoms with E-state index in [2.05, 4.69) is 20.6 Å². The van der Waals surface area contributed by atoms with Crippen LogP contribution in [0.25, 0.3) is 0 Å². The van der Waals surface area contributed by atoms with Crippen molar-refractivity contribution in [3.8, 4) is 5.75 Å². The Kier molecular flexibility index (Phi) is 10.4. The van der Waals surface area contributed by atoms with E-state index < -0.39 is 11.8 Å². The van der Waals surface area contributed by atoms with Crippen molar-refractivity contribution in [2.24, 2.45) is 0 Å². The molecule has 3 aromatic heterocycles. The van der Waals surface area contributed by atoms with Gasteiger partial charge in [-0.1, -0.05) is 34.8 Å². The third-order valence-electron chi connectivity index (χ3n) is 5.61. The molecule has 0 aliphatic carbocycles. The lowest BCUT2D eigenvalue weighted by Gasteiger charge is -2.17. The van der Waals surface area contributed by atoms with Crippen LogP contribution in [0.2, 0.25) is 15.1 Å². The van der Waals surface area contributed by atoms with Crippen LogP contribution in [0.15, 0.2) is 54.6 Å². The number of likely N-dealkylation sites (N-methyl/N-ethyl adjacent to an activating group) is 1. The average molecular weight is 624 g/mol. The average Bonchev–Trinajstić information content (AvgIpc) is 3.56. The van der Waals surface area contributed by atoms with Crippen LogP contribution in [-0.4, -0.2) is 63.2 Å². The summed E-state index contributed by atoms with van der Waals surface area (Å²) in [7, 11) is 1.84. The minimum Gasteiger partial charge on any atom is -0.489 e. The molecule has 4 rings (SSSR count). The van der Waals surface area contributed by atoms with E-state index >= 15 is 0 Å². The first-order valence-electron chi connectivity index (χ1n) is 12.0. The number of halogens is 3. The van der Waals surface area contributed by atoms with Crippen molar-refractivity contribution in [3.63, 3.8) is 0 Å². The quantitative estimate of drug-likeness (QED) is 0.196. The second kappa shape index (κ2) is 13.9. The molecule has 3 N–H and O–H groups in total. The monoisotopic (exact) mass is 622 g/mol. The molecule has 0 fully saturated rings. The van der Waals surface area contributed by atoms with Crippen molar-refractivity contribution >= 4 is 69.5 Å². The molecule has 2 amide bonds. The molecule has 0 unspecified atom stereocenters. The van der Waals surface area contributed by atoms with Crippen molar-refractivity contribution < 1.29 is 19.4 Å². The van der Waals surface area contributed by atoms with Gasteiger partial charge >= 0.3 is 0 Å². The number of benzene rings is 1. The largest absolute Gasteiger partial charge is 0.489 e. The van der Waals surface area contributed by atoms with Gasteiger partial charge in [0, 0.05) is 42.8 Å². The SMILES string of the molecule is CN(CCO)Cc1csc(C(=O)Nc2c(OCCn3ccnc3)cc(Cl)cc2C(=O)Nc2ccc(Cl)cn2)c1Cl. The maximum absolute atomic E-state index is 13.4. The molecule has 4 aromatic rings. The zero-order chi connectivity index (χ0) is 28.6. The molecular weight excluding hydrogens is 599 g/mol. The Morgan fingerprint density at radius 3 is 2.67 bits per heavy atom. The van der Waals surface area contributed by atoms with E-state index in [1.165, 1.54) is 29.7 Å². The lowest BCUT2D eigenvalue weighted by molar-refractivity contribution is 0.102. The molecule has 0 saturated heterocycles. The number of amides is 2. The minimum absolute atomic E-state index is 0.00215. The molecule has 10 nitrogen and oxygen atoms in total. The van der Waals surface area contributed by atoms with Crippen LogP contribution in [0.4, 0.5) is 11.5 Å². The second-order valence-corrected chi connectivity index (χ2v) is 10.7. The van der Waals surface area contributed by atoms with Gasteiger partial charge in [-0.25, -0.2) is 9.97 Å². The number of nitrogens with one attached hydrogen (secondary N) is 2. The number of hydrogen-bond acceptors (Lipinski definition) is 8. The number of ether oxygens (including phenoxy) is 1. The van der Waals surface area contributed by atoms with Crippen LogP contribution in [0.5, 0.6) is 5.75 Å². The van der Waals surface area contributed by atoms with Crippen molar-refractivity contribution in [2.45, 2.75) is 13.1 Å². The smallest absolute Gasteiger partial charge is 0.267 e. The Bertz CT molecular complexity index is 1460. The number of nitrogens with zero attached hydrogens (tertiary/aromatic N) is 4. The Balaban J connectivity index is 1.63. The predicted molar refractivity (Wildman–Crippen MR) is 157 cm³/mol. The number of imidazole rings is 1. The number of carbonyl (C=O) groups excluding carboxylic acids is 2. The number of aromatic nitrogens is 3. The zero-order valence-corrected chi connectivity index (χ0v) is 24.3. The van der Waals surface area contributed by atoms with Crippen molar-refractivity contribution in [1.29, 1.82) is 0 Å². The molecule has 210 valence electrons. The van der Waals surface area contributed by atoms with E-state index in [-0.39, 0.29) is 45.9 Å². The van der Waals surface area contributed by atoms with Gasteiger partial charge in [0.25, 0.3) is 11.8 Å². The van der Waals surface area contributed by atoms with Gasteiger partial charge in [0.1, 0.15) is 23.1 Å². The Hall–Kier alpha value is -3.19. The molecule has 40 heavy (non-hydrogen) atoms. The highest BCUT2D eigenvalue weighted by Gasteiger charge is 2.24. The van der Waals surface area contributed by atoms with Gasteiger partial charge in [0.2, 0.25) is 0 Å². The zero-order valence-electron chi connectivity index (χ0n) is 21.2. The first-order chi connectivity index (χ1) is 19.2. The van der Waals surface area contributed by atoms with Gasteiger partial charge in [-0.3, -0.25) is 14.5 Å². The molecule has 0 atom stereocenters. The number of anilines is 2. The number of thiophene rings is 1. The number of pyridine rings is 1. The number of aliphatic hydroxyl groups is 1. The van der Waals surface area contributed by atoms with Crippen LogP contribution in [0.1, 0.15) is 25.6 Å². The van der Waals surface area contributed by atoms with E-state index in [1.807, 2.05) is 16.5 Å². The third kappa shape index (κ3) is 7.72. The number of aliphatic hydroxyl groups excluding tert-OH is 1. The summed E-state index contributed by atoms with van der Waals surface area (Å²) in [6.45, 7) is 1.59. The summed E-state index contributed by atoms with van der Waals surface area (Å²) >= 11 is 20.0. The third-order valence-corrected chi connectivity index (χ3v) is 7.63. The minimum atomic E-state index is -0.573. The van der Waals surface area contributed by atoms with E-state index in [0.29, 0.717) is 29.7 Å². The van der Waals surface area contributed by atoms with Crippen molar-refractivity contribution in [2.75, 3.05) is 37.4 Å². The Labute approximate surface area is 249 Å². The normalized spacial score (nSPS) is 11.1. The molecule has 0 bridgehead atoms. The number of hydrogen-bond donors (Lipinski definition) is 3. The summed E-state index contributed by atoms with van der Waals surface area (Å²) in [5.41, 5.74) is 0.924. The predicted octanol–water partition coefficient (Wildman–Crippen LogP) is 5.31. The molecule has 0 saturated carbocycles. The first-order valence-corrected chi connectivity index (χ1v) is 14.0. The fourth-order valence-corrected chi connectivity index (χ4v) is 5.23. The molecule has 3 heterocycles. The van der Waals surface area contributed by atoms with E-state index in [0.717, 1.165) is 5.56 Å². The summed E-state index contributed by atoms with van der Waals surface area (Å²) < 4.78 is 7.80. The molecule has 0 aliphatic heterocycles. The fraction of sp³-hybridized carbons (Fsp3) is 0.231. The maximum atomic E-state index is 13.4. The summed E-state index contributed by atoms with van der Waals surface area (Å²) in [5, 5.41) is 17.4. The lowest BCUT2D eigenvalue weighted by Crippen LogP contribution is -2.21. The summed E-state index contributed by atoms with van der Waals surface area (Å²) in [6.07, 6.45) is 6.49. The Morgan fingerprint density at radius 2 is 1.98 bits per heavy atom. The molecule has 0 spiro atoms. The molecule has 0 radical (unpaired) electrons. The van der Waals surface area contributed by atoms with Crippen molar-refractivity contribution in [3.05, 3.63) is 85.6 Å². The van der Waals surface area contributed by atoms with Crippen LogP contribution in [-0.2, 0) is 13.1 Å². The molecular formula is C26H25Cl3N6O4S. The molecule has 14 heteroatoms. The highest BCUT2D eigenvalue weighted by atomic mass is 35.5. The molecule has 0 aliphatic rings. The highest BCUT2D eigenvalue weighted by molar-refractivity contribution is 7.13. The Morgan fingerprint density at radius 1 is 1.15 bits per heavy atom. The summed E-state index contributed by atoms with van der Waals surface area (Å²) in [4.78, 5) is 37.0. The second-order valence-electron chi connectivity index (χ2n) is 8.61. The first kappa shape index (κ1) is 29.8. The molecule has 1 aromatic carbocycles. The summed E-state index contributed by atoms with van der Waals surface area (Å²) in [6, 6.07) is 6.08. The van der Waals surface area contributed by atoms with Crippen LogP contribution in [0.3, 0.4) is 0 Å². The van der Waals surface area contributed by atoms with Gasteiger partial charge in [0.05, 0.1) is 40.8 Å².